The van der Waals surface area contributed by atoms with Crippen molar-refractivity contribution in [2.75, 3.05) is 5.73 Å². The summed E-state index contributed by atoms with van der Waals surface area (Å²) < 4.78 is 26.9. The molecule has 4 heteroatoms. The third-order valence-electron chi connectivity index (χ3n) is 3.34. The fourth-order valence-corrected chi connectivity index (χ4v) is 2.02. The molecule has 0 saturated heterocycles. The Hall–Kier alpha value is -2.23. The van der Waals surface area contributed by atoms with Crippen molar-refractivity contribution in [3.05, 3.63) is 64.7 Å². The van der Waals surface area contributed by atoms with Crippen LogP contribution in [0.25, 0.3) is 0 Å². The second-order valence-electron chi connectivity index (χ2n) is 6.01. The van der Waals surface area contributed by atoms with E-state index in [0.717, 1.165) is 11.6 Å². The van der Waals surface area contributed by atoms with Crippen molar-refractivity contribution < 1.29 is 13.6 Å². The average Bonchev–Trinajstić information content (AvgIpc) is 2.41. The lowest BCUT2D eigenvalue weighted by Gasteiger charge is -2.19. The third-order valence-corrected chi connectivity index (χ3v) is 3.34. The molecule has 2 nitrogen and oxygen atoms in total. The Morgan fingerprint density at radius 3 is 2.10 bits per heavy atom. The summed E-state index contributed by atoms with van der Waals surface area (Å²) in [5.74, 6) is -2.29. The van der Waals surface area contributed by atoms with Gasteiger partial charge in [0, 0.05) is 11.6 Å². The molecule has 0 saturated carbocycles. The van der Waals surface area contributed by atoms with E-state index in [1.807, 2.05) is 12.1 Å². The van der Waals surface area contributed by atoms with Crippen LogP contribution >= 0.6 is 0 Å². The van der Waals surface area contributed by atoms with Crippen molar-refractivity contribution in [3.63, 3.8) is 0 Å². The maximum atomic E-state index is 13.7. The number of nitrogens with two attached hydrogens (primary N) is 1. The number of hydrogen-bond acceptors (Lipinski definition) is 2. The summed E-state index contributed by atoms with van der Waals surface area (Å²) in [4.78, 5) is 12.3. The van der Waals surface area contributed by atoms with Crippen molar-refractivity contribution in [3.8, 4) is 0 Å². The Labute approximate surface area is 122 Å². The second kappa shape index (κ2) is 5.28. The molecule has 2 N–H and O–H groups in total. The van der Waals surface area contributed by atoms with Gasteiger partial charge in [0.25, 0.3) is 0 Å². The van der Waals surface area contributed by atoms with E-state index in [9.17, 15) is 13.6 Å². The summed E-state index contributed by atoms with van der Waals surface area (Å²) >= 11 is 0. The zero-order valence-electron chi connectivity index (χ0n) is 12.2. The highest BCUT2D eigenvalue weighted by atomic mass is 19.1. The van der Waals surface area contributed by atoms with Crippen molar-refractivity contribution in [2.24, 2.45) is 0 Å². The molecule has 0 radical (unpaired) electrons. The van der Waals surface area contributed by atoms with Gasteiger partial charge in [-0.25, -0.2) is 8.78 Å². The van der Waals surface area contributed by atoms with Gasteiger partial charge < -0.3 is 5.73 Å². The molecule has 0 aliphatic rings. The van der Waals surface area contributed by atoms with Gasteiger partial charge in [-0.05, 0) is 17.0 Å². The highest BCUT2D eigenvalue weighted by molar-refractivity contribution is 6.09. The molecule has 0 atom stereocenters. The molecule has 0 aliphatic heterocycles. The first-order valence-electron chi connectivity index (χ1n) is 6.60. The van der Waals surface area contributed by atoms with E-state index >= 15 is 0 Å². The van der Waals surface area contributed by atoms with Crippen molar-refractivity contribution in [2.45, 2.75) is 26.2 Å². The number of benzene rings is 2. The van der Waals surface area contributed by atoms with Crippen molar-refractivity contribution in [1.29, 1.82) is 0 Å². The Morgan fingerprint density at radius 2 is 1.57 bits per heavy atom. The van der Waals surface area contributed by atoms with Gasteiger partial charge in [0.1, 0.15) is 11.6 Å². The molecule has 0 bridgehead atoms. The molecule has 2 aromatic rings. The van der Waals surface area contributed by atoms with Crippen LogP contribution in [-0.4, -0.2) is 5.78 Å². The van der Waals surface area contributed by atoms with E-state index < -0.39 is 17.4 Å². The number of hydrogen-bond donors (Lipinski definition) is 1. The molecule has 0 heterocycles. The van der Waals surface area contributed by atoms with Gasteiger partial charge in [-0.15, -0.1) is 0 Å². The molecule has 0 aliphatic carbocycles. The minimum Gasteiger partial charge on any atom is -0.396 e. The maximum Gasteiger partial charge on any atom is 0.196 e. The summed E-state index contributed by atoms with van der Waals surface area (Å²) in [6.07, 6.45) is 0. The second-order valence-corrected chi connectivity index (χ2v) is 6.01. The van der Waals surface area contributed by atoms with E-state index in [-0.39, 0.29) is 16.7 Å². The quantitative estimate of drug-likeness (QED) is 0.669. The van der Waals surface area contributed by atoms with E-state index in [1.54, 1.807) is 12.1 Å². The zero-order valence-corrected chi connectivity index (χ0v) is 12.2. The maximum absolute atomic E-state index is 13.7. The smallest absolute Gasteiger partial charge is 0.196 e. The van der Waals surface area contributed by atoms with Gasteiger partial charge in [-0.1, -0.05) is 45.0 Å². The van der Waals surface area contributed by atoms with Crippen LogP contribution in [0, 0.1) is 11.6 Å². The largest absolute Gasteiger partial charge is 0.396 e. The first-order valence-corrected chi connectivity index (χ1v) is 6.60. The van der Waals surface area contributed by atoms with Gasteiger partial charge in [0.15, 0.2) is 5.78 Å². The van der Waals surface area contributed by atoms with Crippen molar-refractivity contribution in [1.82, 2.24) is 0 Å². The predicted octanol–water partition coefficient (Wildman–Crippen LogP) is 4.08. The Morgan fingerprint density at radius 1 is 1.00 bits per heavy atom. The number of carbonyl (C=O) groups excluding carboxylic acids is 1. The molecule has 0 aromatic heterocycles. The number of nitrogen functional groups attached to an aromatic ring is 1. The van der Waals surface area contributed by atoms with Crippen LogP contribution < -0.4 is 5.73 Å². The SMILES string of the molecule is CC(C)(C)c1ccc(C(=O)c2cc(N)c(F)cc2F)cc1. The van der Waals surface area contributed by atoms with Gasteiger partial charge in [-0.3, -0.25) is 4.79 Å². The fourth-order valence-electron chi connectivity index (χ4n) is 2.02. The first-order chi connectivity index (χ1) is 9.70. The summed E-state index contributed by atoms with van der Waals surface area (Å²) in [7, 11) is 0. The number of halogens is 2. The lowest BCUT2D eigenvalue weighted by Crippen LogP contribution is -2.12. The highest BCUT2D eigenvalue weighted by Crippen LogP contribution is 2.24. The van der Waals surface area contributed by atoms with Crippen molar-refractivity contribution >= 4 is 11.5 Å². The fraction of sp³-hybridized carbons (Fsp3) is 0.235. The Balaban J connectivity index is 2.39. The van der Waals surface area contributed by atoms with Gasteiger partial charge in [0.05, 0.1) is 11.3 Å². The number of ketones is 1. The summed E-state index contributed by atoms with van der Waals surface area (Å²) in [5, 5.41) is 0. The number of carbonyl (C=O) groups is 1. The van der Waals surface area contributed by atoms with Crippen LogP contribution in [0.15, 0.2) is 36.4 Å². The lowest BCUT2D eigenvalue weighted by molar-refractivity contribution is 0.103. The van der Waals surface area contributed by atoms with E-state index in [1.165, 1.54) is 0 Å². The molecule has 0 spiro atoms. The minimum atomic E-state index is -0.911. The van der Waals surface area contributed by atoms with Crippen LogP contribution in [0.4, 0.5) is 14.5 Å². The van der Waals surface area contributed by atoms with E-state index in [4.69, 9.17) is 5.73 Å². The Bertz CT molecular complexity index is 685. The molecule has 2 aromatic carbocycles. The standard InChI is InChI=1S/C17H17F2NO/c1-17(2,3)11-6-4-10(5-7-11)16(21)12-8-15(20)14(19)9-13(12)18/h4-9H,20H2,1-3H3. The first kappa shape index (κ1) is 15.2. The lowest BCUT2D eigenvalue weighted by atomic mass is 9.86. The normalized spacial score (nSPS) is 11.5. The molecule has 2 rings (SSSR count). The summed E-state index contributed by atoms with van der Waals surface area (Å²) in [6, 6.07) is 8.61. The van der Waals surface area contributed by atoms with Crippen LogP contribution in [0.1, 0.15) is 42.3 Å². The third kappa shape index (κ3) is 3.10. The number of rotatable bonds is 2. The van der Waals surface area contributed by atoms with E-state index in [0.29, 0.717) is 11.6 Å². The molecule has 0 amide bonds. The van der Waals surface area contributed by atoms with Crippen LogP contribution in [-0.2, 0) is 5.41 Å². The Kier molecular flexibility index (Phi) is 3.81. The topological polar surface area (TPSA) is 43.1 Å². The molecular weight excluding hydrogens is 272 g/mol. The molecule has 110 valence electrons. The predicted molar refractivity (Wildman–Crippen MR) is 79.3 cm³/mol. The highest BCUT2D eigenvalue weighted by Gasteiger charge is 2.18. The zero-order chi connectivity index (χ0) is 15.8. The average molecular weight is 289 g/mol. The molecule has 21 heavy (non-hydrogen) atoms. The molecule has 0 fully saturated rings. The number of anilines is 1. The summed E-state index contributed by atoms with van der Waals surface area (Å²) in [5.41, 5.74) is 6.30. The monoisotopic (exact) mass is 289 g/mol. The molecule has 0 unspecified atom stereocenters. The summed E-state index contributed by atoms with van der Waals surface area (Å²) in [6.45, 7) is 6.18. The van der Waals surface area contributed by atoms with Crippen LogP contribution in [0.5, 0.6) is 0 Å². The van der Waals surface area contributed by atoms with Gasteiger partial charge in [-0.2, -0.15) is 0 Å². The van der Waals surface area contributed by atoms with Gasteiger partial charge in [0.2, 0.25) is 0 Å². The van der Waals surface area contributed by atoms with Crippen LogP contribution in [0.2, 0.25) is 0 Å². The molecular formula is C17H17F2NO. The van der Waals surface area contributed by atoms with Gasteiger partial charge >= 0.3 is 0 Å². The van der Waals surface area contributed by atoms with Crippen LogP contribution in [0.3, 0.4) is 0 Å². The van der Waals surface area contributed by atoms with E-state index in [2.05, 4.69) is 20.8 Å². The minimum absolute atomic E-state index is 0.0346.